The molecule has 5 heteroatoms. The highest BCUT2D eigenvalue weighted by atomic mass is 19.1. The molecule has 4 aromatic rings. The minimum atomic E-state index is -0.737. The van der Waals surface area contributed by atoms with E-state index in [2.05, 4.69) is 9.98 Å². The van der Waals surface area contributed by atoms with Gasteiger partial charge < -0.3 is 4.40 Å². The number of rotatable bonds is 4. The number of aromatic nitrogens is 2. The highest BCUT2D eigenvalue weighted by Crippen LogP contribution is 2.22. The molecule has 0 amide bonds. The minimum Gasteiger partial charge on any atom is -0.302 e. The van der Waals surface area contributed by atoms with Gasteiger partial charge in [-0.05, 0) is 0 Å². The summed E-state index contributed by atoms with van der Waals surface area (Å²) in [6.07, 6.45) is 3.12. The number of hydrogen-bond acceptors (Lipinski definition) is 2. The number of hydrogen-bond donors (Lipinski definition) is 0. The Labute approximate surface area is 149 Å². The third kappa shape index (κ3) is 3.11. The molecule has 0 fully saturated rings. The molecule has 0 aliphatic rings. The van der Waals surface area contributed by atoms with E-state index in [1.807, 2.05) is 60.7 Å². The second-order valence-electron chi connectivity index (χ2n) is 5.84. The molecule has 0 unspecified atom stereocenters. The van der Waals surface area contributed by atoms with E-state index >= 15 is 0 Å². The number of aliphatic imine (C=N–C) groups is 1. The number of benzene rings is 2. The van der Waals surface area contributed by atoms with Crippen LogP contribution in [0.3, 0.4) is 0 Å². The first-order valence-corrected chi connectivity index (χ1v) is 8.17. The summed E-state index contributed by atoms with van der Waals surface area (Å²) in [6.45, 7) is -0.737. The zero-order chi connectivity index (χ0) is 17.9. The summed E-state index contributed by atoms with van der Waals surface area (Å²) in [6, 6.07) is 20.7. The Balaban J connectivity index is 1.88. The quantitative estimate of drug-likeness (QED) is 0.472. The predicted octanol–water partition coefficient (Wildman–Crippen LogP) is 5.11. The first kappa shape index (κ1) is 16.1. The second-order valence-corrected chi connectivity index (χ2v) is 5.84. The van der Waals surface area contributed by atoms with E-state index in [9.17, 15) is 8.78 Å². The first-order chi connectivity index (χ1) is 12.7. The van der Waals surface area contributed by atoms with Gasteiger partial charge in [0.2, 0.25) is 0 Å². The molecule has 0 bridgehead atoms. The van der Waals surface area contributed by atoms with E-state index in [-0.39, 0.29) is 11.3 Å². The summed E-state index contributed by atoms with van der Waals surface area (Å²) in [7, 11) is 0. The van der Waals surface area contributed by atoms with Gasteiger partial charge in [0.25, 0.3) is 0 Å². The van der Waals surface area contributed by atoms with Gasteiger partial charge in [0.1, 0.15) is 6.67 Å². The van der Waals surface area contributed by atoms with Crippen LogP contribution >= 0.6 is 0 Å². The number of nitrogens with zero attached hydrogens (tertiary/aromatic N) is 3. The molecule has 128 valence electrons. The smallest absolute Gasteiger partial charge is 0.173 e. The van der Waals surface area contributed by atoms with Crippen molar-refractivity contribution in [2.45, 2.75) is 6.67 Å². The molecule has 0 saturated heterocycles. The van der Waals surface area contributed by atoms with Crippen molar-refractivity contribution in [1.29, 1.82) is 0 Å². The molecule has 0 radical (unpaired) electrons. The van der Waals surface area contributed by atoms with Crippen molar-refractivity contribution in [3.05, 3.63) is 102 Å². The van der Waals surface area contributed by atoms with Gasteiger partial charge in [-0.3, -0.25) is 0 Å². The average Bonchev–Trinajstić information content (AvgIpc) is 3.11. The molecule has 0 spiro atoms. The van der Waals surface area contributed by atoms with Gasteiger partial charge in [-0.25, -0.2) is 18.8 Å². The lowest BCUT2D eigenvalue weighted by Gasteiger charge is -2.08. The molecule has 0 N–H and O–H groups in total. The van der Waals surface area contributed by atoms with Crippen LogP contribution in [0.1, 0.15) is 16.8 Å². The summed E-state index contributed by atoms with van der Waals surface area (Å²) in [5.41, 5.74) is 3.30. The van der Waals surface area contributed by atoms with Crippen LogP contribution in [0.25, 0.3) is 5.65 Å². The normalized spacial score (nSPS) is 10.8. The average molecular weight is 347 g/mol. The molecule has 2 heterocycles. The van der Waals surface area contributed by atoms with E-state index in [0.29, 0.717) is 5.69 Å². The van der Waals surface area contributed by atoms with E-state index in [1.54, 1.807) is 6.20 Å². The van der Waals surface area contributed by atoms with E-state index in [4.69, 9.17) is 0 Å². The summed E-state index contributed by atoms with van der Waals surface area (Å²) < 4.78 is 28.7. The molecule has 0 aliphatic heterocycles. The SMILES string of the molecule is FCc1cn2cc(N=C(c3ccccc3)c3ccccc3)cc(F)c2n1. The Kier molecular flexibility index (Phi) is 4.27. The van der Waals surface area contributed by atoms with Crippen molar-refractivity contribution in [1.82, 2.24) is 9.38 Å². The molecule has 26 heavy (non-hydrogen) atoms. The van der Waals surface area contributed by atoms with Gasteiger partial charge in [-0.1, -0.05) is 60.7 Å². The lowest BCUT2D eigenvalue weighted by Crippen LogP contribution is -2.02. The van der Waals surface area contributed by atoms with Crippen molar-refractivity contribution >= 4 is 17.0 Å². The maximum atomic E-state index is 14.4. The molecule has 0 atom stereocenters. The lowest BCUT2D eigenvalue weighted by molar-refractivity contribution is 0.477. The summed E-state index contributed by atoms with van der Waals surface area (Å²) in [5.74, 6) is -0.536. The fourth-order valence-corrected chi connectivity index (χ4v) is 2.84. The van der Waals surface area contributed by atoms with Crippen LogP contribution in [0.4, 0.5) is 14.5 Å². The van der Waals surface area contributed by atoms with Crippen molar-refractivity contribution in [3.8, 4) is 0 Å². The second kappa shape index (κ2) is 6.88. The van der Waals surface area contributed by atoms with Crippen LogP contribution in [0.2, 0.25) is 0 Å². The first-order valence-electron chi connectivity index (χ1n) is 8.17. The number of halogens is 2. The predicted molar refractivity (Wildman–Crippen MR) is 98.1 cm³/mol. The van der Waals surface area contributed by atoms with Crippen molar-refractivity contribution in [3.63, 3.8) is 0 Å². The molecule has 4 rings (SSSR count). The van der Waals surface area contributed by atoms with Crippen molar-refractivity contribution in [2.24, 2.45) is 4.99 Å². The lowest BCUT2D eigenvalue weighted by atomic mass is 10.0. The van der Waals surface area contributed by atoms with Crippen molar-refractivity contribution < 1.29 is 8.78 Å². The zero-order valence-corrected chi connectivity index (χ0v) is 13.8. The topological polar surface area (TPSA) is 29.7 Å². The fraction of sp³-hybridized carbons (Fsp3) is 0.0476. The van der Waals surface area contributed by atoms with E-state index in [1.165, 1.54) is 16.7 Å². The molecule has 0 saturated carbocycles. The molecule has 2 aromatic carbocycles. The zero-order valence-electron chi connectivity index (χ0n) is 13.8. The van der Waals surface area contributed by atoms with Gasteiger partial charge >= 0.3 is 0 Å². The Bertz CT molecular complexity index is 1030. The minimum absolute atomic E-state index is 0.0950. The van der Waals surface area contributed by atoms with Gasteiger partial charge in [0, 0.05) is 29.6 Å². The van der Waals surface area contributed by atoms with Gasteiger partial charge in [-0.2, -0.15) is 0 Å². The van der Waals surface area contributed by atoms with Gasteiger partial charge in [-0.15, -0.1) is 0 Å². The summed E-state index contributed by atoms with van der Waals surface area (Å²) in [5, 5.41) is 0. The largest absolute Gasteiger partial charge is 0.302 e. The maximum Gasteiger partial charge on any atom is 0.173 e. The van der Waals surface area contributed by atoms with Crippen LogP contribution in [0.5, 0.6) is 0 Å². The van der Waals surface area contributed by atoms with Crippen LogP contribution in [0, 0.1) is 5.82 Å². The standard InChI is InChI=1S/C21H15F2N3/c22-12-18-14-26-13-17(11-19(23)21(26)25-18)24-20(15-7-3-1-4-8-15)16-9-5-2-6-10-16/h1-11,13-14H,12H2. The molecule has 2 aromatic heterocycles. The van der Waals surface area contributed by atoms with Crippen LogP contribution in [-0.4, -0.2) is 15.1 Å². The monoisotopic (exact) mass is 347 g/mol. The summed E-state index contributed by atoms with van der Waals surface area (Å²) >= 11 is 0. The molecule has 0 aliphatic carbocycles. The Morgan fingerprint density at radius 1 is 0.923 bits per heavy atom. The maximum absolute atomic E-state index is 14.4. The Morgan fingerprint density at radius 3 is 2.12 bits per heavy atom. The highest BCUT2D eigenvalue weighted by Gasteiger charge is 2.11. The number of imidazole rings is 1. The highest BCUT2D eigenvalue weighted by molar-refractivity contribution is 6.13. The molecular weight excluding hydrogens is 332 g/mol. The van der Waals surface area contributed by atoms with Gasteiger partial charge in [0.05, 0.1) is 17.1 Å². The van der Waals surface area contributed by atoms with Crippen LogP contribution in [-0.2, 0) is 6.67 Å². The van der Waals surface area contributed by atoms with E-state index in [0.717, 1.165) is 16.8 Å². The fourth-order valence-electron chi connectivity index (χ4n) is 2.84. The number of fused-ring (bicyclic) bond motifs is 1. The Morgan fingerprint density at radius 2 is 1.54 bits per heavy atom. The number of alkyl halides is 1. The third-order valence-corrected chi connectivity index (χ3v) is 4.01. The van der Waals surface area contributed by atoms with Crippen molar-refractivity contribution in [2.75, 3.05) is 0 Å². The van der Waals surface area contributed by atoms with Gasteiger partial charge in [0.15, 0.2) is 11.5 Å². The van der Waals surface area contributed by atoms with Crippen LogP contribution in [0.15, 0.2) is 84.1 Å². The van der Waals surface area contributed by atoms with Crippen LogP contribution < -0.4 is 0 Å². The third-order valence-electron chi connectivity index (χ3n) is 4.01. The summed E-state index contributed by atoms with van der Waals surface area (Å²) in [4.78, 5) is 8.61. The molecular formula is C21H15F2N3. The Hall–Kier alpha value is -3.34. The van der Waals surface area contributed by atoms with E-state index < -0.39 is 12.5 Å². The number of pyridine rings is 1. The molecule has 3 nitrogen and oxygen atoms in total.